The quantitative estimate of drug-likeness (QED) is 0.299. The van der Waals surface area contributed by atoms with Crippen molar-refractivity contribution >= 4 is 11.1 Å². The molecule has 3 nitrogen and oxygen atoms in total. The van der Waals surface area contributed by atoms with Gasteiger partial charge in [-0.25, -0.2) is 0 Å². The zero-order valence-electron chi connectivity index (χ0n) is 4.72. The van der Waals surface area contributed by atoms with Gasteiger partial charge in [0.2, 0.25) is 0 Å². The molecule has 0 aromatic heterocycles. The molecule has 1 heterocycles. The average molecular weight is 143 g/mol. The van der Waals surface area contributed by atoms with E-state index in [0.717, 1.165) is 0 Å². The number of nitrogens with one attached hydrogen (secondary N) is 1. The normalized spacial score (nSPS) is 23.1. The van der Waals surface area contributed by atoms with Gasteiger partial charge in [0.15, 0.2) is 0 Å². The van der Waals surface area contributed by atoms with Gasteiger partial charge in [-0.1, -0.05) is 0 Å². The maximum absolute atomic E-state index is 9.94. The van der Waals surface area contributed by atoms with E-state index in [2.05, 4.69) is 5.32 Å². The van der Waals surface area contributed by atoms with Crippen LogP contribution in [0.15, 0.2) is 0 Å². The van der Waals surface area contributed by atoms with Crippen LogP contribution >= 0.6 is 0 Å². The Morgan fingerprint density at radius 2 is 2.12 bits per heavy atom. The molecule has 1 aliphatic heterocycles. The van der Waals surface area contributed by atoms with Crippen molar-refractivity contribution in [1.29, 1.82) is 0 Å². The molecule has 0 aromatic carbocycles. The summed E-state index contributed by atoms with van der Waals surface area (Å²) in [5, 5.41) is 2.74. The summed E-state index contributed by atoms with van der Waals surface area (Å²) in [6.45, 7) is 1.27. The van der Waals surface area contributed by atoms with Gasteiger partial charge < -0.3 is 9.87 Å². The summed E-state index contributed by atoms with van der Waals surface area (Å²) in [5.74, 6) is 0. The first kappa shape index (κ1) is 9.07. The van der Waals surface area contributed by atoms with E-state index in [1.165, 1.54) is 0 Å². The van der Waals surface area contributed by atoms with Crippen molar-refractivity contribution in [1.82, 2.24) is 5.32 Å². The minimum Gasteiger partial charge on any atom is -0.772 e. The zero-order valence-corrected chi connectivity index (χ0v) is 7.53. The van der Waals surface area contributed by atoms with Gasteiger partial charge in [-0.15, -0.1) is 0 Å². The fraction of sp³-hybridized carbons (Fsp3) is 1.00. The molecule has 1 aliphatic rings. The first-order valence-corrected chi connectivity index (χ1v) is 3.23. The second kappa shape index (κ2) is 3.98. The van der Waals surface area contributed by atoms with Crippen LogP contribution in [0.25, 0.3) is 0 Å². The summed E-state index contributed by atoms with van der Waals surface area (Å²) >= 11 is -1.84. The van der Waals surface area contributed by atoms with Gasteiger partial charge in [-0.05, 0) is 11.1 Å². The third kappa shape index (κ3) is 2.13. The van der Waals surface area contributed by atoms with Crippen molar-refractivity contribution < 1.29 is 38.3 Å². The second-order valence-electron chi connectivity index (χ2n) is 1.54. The SMILES string of the molecule is O=S([O-])C1CNC1.[Na+]. The molecule has 1 rings (SSSR count). The van der Waals surface area contributed by atoms with Crippen molar-refractivity contribution in [3.8, 4) is 0 Å². The van der Waals surface area contributed by atoms with Gasteiger partial charge in [0.05, 0.1) is 0 Å². The first-order chi connectivity index (χ1) is 3.30. The summed E-state index contributed by atoms with van der Waals surface area (Å²) < 4.78 is 19.9. The van der Waals surface area contributed by atoms with Gasteiger partial charge in [-0.2, -0.15) is 0 Å². The van der Waals surface area contributed by atoms with Gasteiger partial charge in [0.1, 0.15) is 0 Å². The minimum atomic E-state index is -1.84. The molecule has 0 spiro atoms. The minimum absolute atomic E-state index is 0. The number of hydrogen-bond acceptors (Lipinski definition) is 3. The summed E-state index contributed by atoms with van der Waals surface area (Å²) in [5.41, 5.74) is 0. The average Bonchev–Trinajstić information content (AvgIpc) is 1.23. The van der Waals surface area contributed by atoms with E-state index >= 15 is 0 Å². The van der Waals surface area contributed by atoms with E-state index < -0.39 is 11.1 Å². The molecule has 1 atom stereocenters. The largest absolute Gasteiger partial charge is 1.00 e. The maximum Gasteiger partial charge on any atom is 1.00 e. The molecular formula is C3H6NNaO2S. The fourth-order valence-corrected chi connectivity index (χ4v) is 0.906. The standard InChI is InChI=1S/C3H7NO2S.Na/c5-7(6)3-1-4-2-3;/h3-4H,1-2H2,(H,5,6);/q;+1/p-1. The Morgan fingerprint density at radius 3 is 2.12 bits per heavy atom. The van der Waals surface area contributed by atoms with Crippen molar-refractivity contribution in [2.75, 3.05) is 13.1 Å². The van der Waals surface area contributed by atoms with E-state index in [1.54, 1.807) is 0 Å². The molecule has 1 fully saturated rings. The third-order valence-corrected chi connectivity index (χ3v) is 1.89. The van der Waals surface area contributed by atoms with Gasteiger partial charge >= 0.3 is 29.6 Å². The Balaban J connectivity index is 0.000000490. The van der Waals surface area contributed by atoms with E-state index in [9.17, 15) is 8.76 Å². The van der Waals surface area contributed by atoms with E-state index in [4.69, 9.17) is 0 Å². The summed E-state index contributed by atoms with van der Waals surface area (Å²) in [4.78, 5) is 0. The molecule has 42 valence electrons. The Bertz CT molecular complexity index is 95.3. The van der Waals surface area contributed by atoms with Crippen molar-refractivity contribution in [2.24, 2.45) is 0 Å². The van der Waals surface area contributed by atoms with Crippen LogP contribution in [0.3, 0.4) is 0 Å². The predicted molar refractivity (Wildman–Crippen MR) is 25.6 cm³/mol. The summed E-state index contributed by atoms with van der Waals surface area (Å²) in [6.07, 6.45) is 0. The third-order valence-electron chi connectivity index (χ3n) is 1.02. The van der Waals surface area contributed by atoms with Gasteiger partial charge in [0, 0.05) is 18.3 Å². The molecule has 8 heavy (non-hydrogen) atoms. The summed E-state index contributed by atoms with van der Waals surface area (Å²) in [7, 11) is 0. The van der Waals surface area contributed by atoms with Gasteiger partial charge in [-0.3, -0.25) is 4.21 Å². The van der Waals surface area contributed by atoms with Crippen LogP contribution in [0.5, 0.6) is 0 Å². The van der Waals surface area contributed by atoms with Crippen LogP contribution in [-0.4, -0.2) is 27.1 Å². The van der Waals surface area contributed by atoms with Crippen LogP contribution in [-0.2, 0) is 11.1 Å². The van der Waals surface area contributed by atoms with Crippen molar-refractivity contribution in [3.05, 3.63) is 0 Å². The fourth-order valence-electron chi connectivity index (χ4n) is 0.398. The Labute approximate surface area is 72.8 Å². The van der Waals surface area contributed by atoms with Crippen molar-refractivity contribution in [2.45, 2.75) is 5.25 Å². The Hall–Kier alpha value is 1.07. The number of rotatable bonds is 1. The molecule has 0 aliphatic carbocycles. The molecule has 0 aromatic rings. The molecule has 1 unspecified atom stereocenters. The number of hydrogen-bond donors (Lipinski definition) is 1. The van der Waals surface area contributed by atoms with Crippen LogP contribution in [0.1, 0.15) is 0 Å². The van der Waals surface area contributed by atoms with Crippen LogP contribution < -0.4 is 34.9 Å². The molecule has 5 heteroatoms. The molecule has 1 saturated heterocycles. The second-order valence-corrected chi connectivity index (χ2v) is 2.73. The zero-order chi connectivity index (χ0) is 5.28. The first-order valence-electron chi connectivity index (χ1n) is 2.09. The van der Waals surface area contributed by atoms with E-state index in [1.807, 2.05) is 0 Å². The Morgan fingerprint density at radius 1 is 1.62 bits per heavy atom. The van der Waals surface area contributed by atoms with E-state index in [-0.39, 0.29) is 34.8 Å². The summed E-state index contributed by atoms with van der Waals surface area (Å²) in [6, 6.07) is 0. The molecule has 0 saturated carbocycles. The molecule has 0 amide bonds. The molecule has 0 radical (unpaired) electrons. The monoisotopic (exact) mass is 143 g/mol. The topological polar surface area (TPSA) is 52.2 Å². The van der Waals surface area contributed by atoms with Gasteiger partial charge in [0.25, 0.3) is 0 Å². The molecule has 0 bridgehead atoms. The Kier molecular flexibility index (Phi) is 4.51. The van der Waals surface area contributed by atoms with Crippen LogP contribution in [0.4, 0.5) is 0 Å². The molecular weight excluding hydrogens is 137 g/mol. The van der Waals surface area contributed by atoms with Crippen molar-refractivity contribution in [3.63, 3.8) is 0 Å². The molecule has 1 N–H and O–H groups in total. The smallest absolute Gasteiger partial charge is 0.772 e. The van der Waals surface area contributed by atoms with Crippen LogP contribution in [0, 0.1) is 0 Å². The van der Waals surface area contributed by atoms with E-state index in [0.29, 0.717) is 13.1 Å². The van der Waals surface area contributed by atoms with Crippen LogP contribution in [0.2, 0.25) is 0 Å². The predicted octanol–water partition coefficient (Wildman–Crippen LogP) is -4.16. The maximum atomic E-state index is 9.94.